The molecule has 31 heavy (non-hydrogen) atoms. The number of carboxylic acid groups (broad SMARTS) is 1. The molecule has 2 aromatic rings. The number of rotatable bonds is 6. The van der Waals surface area contributed by atoms with Crippen LogP contribution in [0.25, 0.3) is 0 Å². The minimum Gasteiger partial charge on any atom is -0.493 e. The molecule has 5 atom stereocenters. The zero-order chi connectivity index (χ0) is 21.8. The van der Waals surface area contributed by atoms with Gasteiger partial charge in [0.25, 0.3) is 0 Å². The van der Waals surface area contributed by atoms with Crippen LogP contribution in [0.4, 0.5) is 0 Å². The molecule has 3 fully saturated rings. The van der Waals surface area contributed by atoms with Crippen molar-refractivity contribution in [2.45, 2.75) is 62.8 Å². The van der Waals surface area contributed by atoms with Crippen LogP contribution in [-0.2, 0) is 10.3 Å². The van der Waals surface area contributed by atoms with Gasteiger partial charge in [0.2, 0.25) is 0 Å². The Labute approximate surface area is 190 Å². The Morgan fingerprint density at radius 3 is 2.90 bits per heavy atom. The number of benzene rings is 1. The topological polar surface area (TPSA) is 88.9 Å². The third-order valence-corrected chi connectivity index (χ3v) is 8.40. The van der Waals surface area contributed by atoms with Gasteiger partial charge in [-0.05, 0) is 68.2 Å². The summed E-state index contributed by atoms with van der Waals surface area (Å²) < 4.78 is 12.5. The average molecular weight is 464 g/mol. The summed E-state index contributed by atoms with van der Waals surface area (Å²) >= 11 is 7.64. The van der Waals surface area contributed by atoms with Crippen LogP contribution in [0.15, 0.2) is 23.6 Å². The number of nitrogens with zero attached hydrogens (tertiary/aromatic N) is 1. The van der Waals surface area contributed by atoms with E-state index in [0.717, 1.165) is 29.2 Å². The number of aliphatic hydroxyl groups excluding tert-OH is 1. The van der Waals surface area contributed by atoms with E-state index in [1.54, 1.807) is 5.38 Å². The smallest absolute Gasteiger partial charge is 0.355 e. The van der Waals surface area contributed by atoms with E-state index in [0.29, 0.717) is 24.0 Å². The molecule has 3 aliphatic rings. The quantitative estimate of drug-likeness (QED) is 0.637. The van der Waals surface area contributed by atoms with E-state index in [2.05, 4.69) is 4.98 Å². The van der Waals surface area contributed by atoms with Crippen LogP contribution in [0.3, 0.4) is 0 Å². The lowest BCUT2D eigenvalue weighted by Crippen LogP contribution is -2.41. The van der Waals surface area contributed by atoms with E-state index < -0.39 is 17.7 Å². The first-order chi connectivity index (χ1) is 14.8. The molecule has 0 spiro atoms. The van der Waals surface area contributed by atoms with Crippen molar-refractivity contribution in [3.05, 3.63) is 44.9 Å². The van der Waals surface area contributed by atoms with E-state index in [9.17, 15) is 9.90 Å². The summed E-state index contributed by atoms with van der Waals surface area (Å²) in [6.45, 7) is 2.41. The monoisotopic (exact) mass is 463 g/mol. The Kier molecular flexibility index (Phi) is 5.49. The molecule has 2 heterocycles. The second-order valence-electron chi connectivity index (χ2n) is 9.17. The predicted molar refractivity (Wildman–Crippen MR) is 117 cm³/mol. The van der Waals surface area contributed by atoms with Gasteiger partial charge in [0.1, 0.15) is 16.4 Å². The number of hydrogen-bond acceptors (Lipinski definition) is 6. The van der Waals surface area contributed by atoms with Crippen LogP contribution < -0.4 is 4.74 Å². The van der Waals surface area contributed by atoms with Gasteiger partial charge in [-0.15, -0.1) is 11.3 Å². The third kappa shape index (κ3) is 4.09. The van der Waals surface area contributed by atoms with Gasteiger partial charge in [0.15, 0.2) is 5.69 Å². The Balaban J connectivity index is 1.25. The molecule has 2 N–H and O–H groups in total. The molecule has 1 aromatic carbocycles. The number of carbonyl (C=O) groups is 1. The fraction of sp³-hybridized carbons (Fsp3) is 0.565. The number of thiazole rings is 1. The van der Waals surface area contributed by atoms with Crippen molar-refractivity contribution in [2.24, 2.45) is 11.8 Å². The maximum Gasteiger partial charge on any atom is 0.355 e. The van der Waals surface area contributed by atoms with E-state index in [1.165, 1.54) is 24.2 Å². The molecule has 1 aromatic heterocycles. The van der Waals surface area contributed by atoms with Crippen molar-refractivity contribution < 1.29 is 24.5 Å². The first-order valence-corrected chi connectivity index (χ1v) is 12.1. The van der Waals surface area contributed by atoms with Crippen LogP contribution in [0.1, 0.15) is 66.0 Å². The van der Waals surface area contributed by atoms with Gasteiger partial charge >= 0.3 is 5.97 Å². The summed E-state index contributed by atoms with van der Waals surface area (Å²) in [6.07, 6.45) is 3.94. The number of ether oxygens (including phenoxy) is 2. The highest BCUT2D eigenvalue weighted by molar-refractivity contribution is 7.10. The van der Waals surface area contributed by atoms with Gasteiger partial charge in [0.05, 0.1) is 18.8 Å². The van der Waals surface area contributed by atoms with E-state index in [1.807, 2.05) is 25.1 Å². The van der Waals surface area contributed by atoms with Crippen molar-refractivity contribution in [2.75, 3.05) is 6.61 Å². The van der Waals surface area contributed by atoms with Gasteiger partial charge in [-0.2, -0.15) is 0 Å². The van der Waals surface area contributed by atoms with E-state index >= 15 is 0 Å². The van der Waals surface area contributed by atoms with Crippen molar-refractivity contribution in [1.82, 2.24) is 4.98 Å². The molecule has 6 nitrogen and oxygen atoms in total. The summed E-state index contributed by atoms with van der Waals surface area (Å²) in [7, 11) is 0. The van der Waals surface area contributed by atoms with Crippen LogP contribution in [-0.4, -0.2) is 40.0 Å². The van der Waals surface area contributed by atoms with Gasteiger partial charge in [0, 0.05) is 22.7 Å². The number of aromatic carboxylic acids is 1. The highest BCUT2D eigenvalue weighted by Crippen LogP contribution is 2.49. The SMILES string of the molecule is C[C@]1(c2nc(C(=O)O)cs2)CC[C@@H]2[C@@H](COc3ccc(Cl)c(C4CC4)c3)[C@H](O)C[C@@H]2O1. The Morgan fingerprint density at radius 2 is 2.19 bits per heavy atom. The van der Waals surface area contributed by atoms with Gasteiger partial charge in [-0.3, -0.25) is 0 Å². The molecule has 0 radical (unpaired) electrons. The summed E-state index contributed by atoms with van der Waals surface area (Å²) in [5, 5.41) is 22.9. The molecular weight excluding hydrogens is 438 g/mol. The fourth-order valence-corrected chi connectivity index (χ4v) is 6.24. The van der Waals surface area contributed by atoms with Gasteiger partial charge in [-0.25, -0.2) is 9.78 Å². The number of fused-ring (bicyclic) bond motifs is 1. The molecule has 166 valence electrons. The van der Waals surface area contributed by atoms with Crippen LogP contribution in [0.2, 0.25) is 5.02 Å². The molecular formula is C23H26ClNO5S. The average Bonchev–Trinajstić information content (AvgIpc) is 3.35. The van der Waals surface area contributed by atoms with Crippen molar-refractivity contribution in [3.8, 4) is 5.75 Å². The number of aromatic nitrogens is 1. The molecule has 8 heteroatoms. The molecule has 5 rings (SSSR count). The molecule has 0 unspecified atom stereocenters. The predicted octanol–water partition coefficient (Wildman–Crippen LogP) is 4.84. The van der Waals surface area contributed by atoms with Gasteiger partial charge < -0.3 is 19.7 Å². The van der Waals surface area contributed by atoms with Crippen LogP contribution in [0.5, 0.6) is 5.75 Å². The molecule has 1 saturated heterocycles. The highest BCUT2D eigenvalue weighted by Gasteiger charge is 2.51. The van der Waals surface area contributed by atoms with Crippen LogP contribution in [0, 0.1) is 11.8 Å². The molecule has 2 aliphatic carbocycles. The zero-order valence-corrected chi connectivity index (χ0v) is 18.9. The van der Waals surface area contributed by atoms with E-state index in [4.69, 9.17) is 26.2 Å². The Bertz CT molecular complexity index is 992. The summed E-state index contributed by atoms with van der Waals surface area (Å²) in [5.74, 6) is 0.528. The molecule has 1 aliphatic heterocycles. The Hall–Kier alpha value is -1.67. The second-order valence-corrected chi connectivity index (χ2v) is 10.4. The standard InChI is InChI=1S/C23H26ClNO5S/c1-23(22-25-18(11-31-22)21(27)28)7-6-14-16(19(26)9-20(14)30-23)10-29-13-4-5-17(24)15(8-13)12-2-3-12/h4-5,8,11-12,14,16,19-20,26H,2-3,6-7,9-10H2,1H3,(H,27,28)/t14-,16-,19-,20+,23-/m1/s1. The summed E-state index contributed by atoms with van der Waals surface area (Å²) in [4.78, 5) is 15.5. The first kappa shape index (κ1) is 21.2. The van der Waals surface area contributed by atoms with Crippen LogP contribution >= 0.6 is 22.9 Å². The maximum atomic E-state index is 11.2. The lowest BCUT2D eigenvalue weighted by molar-refractivity contribution is -0.145. The number of hydrogen-bond donors (Lipinski definition) is 2. The minimum atomic E-state index is -1.03. The largest absolute Gasteiger partial charge is 0.493 e. The highest BCUT2D eigenvalue weighted by atomic mass is 35.5. The normalized spacial score (nSPS) is 32.6. The summed E-state index contributed by atoms with van der Waals surface area (Å²) in [5.41, 5.74) is 0.591. The molecule has 0 bridgehead atoms. The summed E-state index contributed by atoms with van der Waals surface area (Å²) in [6, 6.07) is 5.83. The third-order valence-electron chi connectivity index (χ3n) is 6.96. The lowest BCUT2D eigenvalue weighted by Gasteiger charge is -2.40. The van der Waals surface area contributed by atoms with E-state index in [-0.39, 0.29) is 23.6 Å². The number of carboxylic acids is 1. The maximum absolute atomic E-state index is 11.2. The van der Waals surface area contributed by atoms with Crippen molar-refractivity contribution >= 4 is 28.9 Å². The minimum absolute atomic E-state index is 0.000443. The zero-order valence-electron chi connectivity index (χ0n) is 17.3. The lowest BCUT2D eigenvalue weighted by atomic mass is 9.83. The molecule has 2 saturated carbocycles. The van der Waals surface area contributed by atoms with Crippen molar-refractivity contribution in [1.29, 1.82) is 0 Å². The van der Waals surface area contributed by atoms with Gasteiger partial charge in [-0.1, -0.05) is 11.6 Å². The fourth-order valence-electron chi connectivity index (χ4n) is 5.04. The number of aliphatic hydroxyl groups is 1. The number of halogens is 1. The first-order valence-electron chi connectivity index (χ1n) is 10.8. The van der Waals surface area contributed by atoms with Crippen molar-refractivity contribution in [3.63, 3.8) is 0 Å². The Morgan fingerprint density at radius 1 is 1.39 bits per heavy atom. The second kappa shape index (κ2) is 8.03. The molecule has 0 amide bonds.